The molecular formula is C16H32N4O2. The molecule has 0 aromatic heterocycles. The molecule has 0 spiro atoms. The van der Waals surface area contributed by atoms with Crippen LogP contribution < -0.4 is 11.1 Å². The van der Waals surface area contributed by atoms with Gasteiger partial charge in [-0.05, 0) is 58.9 Å². The van der Waals surface area contributed by atoms with E-state index in [4.69, 9.17) is 10.5 Å². The normalized spacial score (nSPS) is 24.9. The number of nitrogens with two attached hydrogens (primary N) is 1. The van der Waals surface area contributed by atoms with E-state index in [0.29, 0.717) is 6.54 Å². The van der Waals surface area contributed by atoms with Gasteiger partial charge in [0.15, 0.2) is 0 Å². The van der Waals surface area contributed by atoms with Crippen molar-refractivity contribution in [2.24, 2.45) is 5.73 Å². The Balaban J connectivity index is 1.97. The molecule has 1 amide bonds. The minimum Gasteiger partial charge on any atom is -0.383 e. The number of hydrogen-bond acceptors (Lipinski definition) is 5. The Morgan fingerprint density at radius 1 is 1.23 bits per heavy atom. The lowest BCUT2D eigenvalue weighted by Gasteiger charge is -2.50. The summed E-state index contributed by atoms with van der Waals surface area (Å²) in [6.45, 7) is 5.47. The molecule has 0 saturated carbocycles. The summed E-state index contributed by atoms with van der Waals surface area (Å²) in [5.74, 6) is -0.0998. The highest BCUT2D eigenvalue weighted by Crippen LogP contribution is 2.30. The van der Waals surface area contributed by atoms with Gasteiger partial charge in [0, 0.05) is 19.2 Å². The van der Waals surface area contributed by atoms with Crippen molar-refractivity contribution in [1.29, 1.82) is 0 Å². The topological polar surface area (TPSA) is 70.8 Å². The standard InChI is InChI=1S/C16H32N4O2/c1-19-10-6-16(7-11-19,20-8-4-3-5-9-20)13-18-15(21)14(17)12-22-2/h14H,3-13,17H2,1-2H3,(H,18,21). The Morgan fingerprint density at radius 3 is 2.45 bits per heavy atom. The summed E-state index contributed by atoms with van der Waals surface area (Å²) in [7, 11) is 3.74. The van der Waals surface area contributed by atoms with E-state index in [1.807, 2.05) is 0 Å². The number of ether oxygens (including phenoxy) is 1. The van der Waals surface area contributed by atoms with E-state index in [9.17, 15) is 4.79 Å². The number of piperidine rings is 2. The van der Waals surface area contributed by atoms with E-state index in [0.717, 1.165) is 39.0 Å². The molecular weight excluding hydrogens is 280 g/mol. The van der Waals surface area contributed by atoms with Crippen LogP contribution in [0.1, 0.15) is 32.1 Å². The van der Waals surface area contributed by atoms with Gasteiger partial charge in [-0.25, -0.2) is 0 Å². The van der Waals surface area contributed by atoms with Gasteiger partial charge in [0.05, 0.1) is 6.61 Å². The number of nitrogens with one attached hydrogen (secondary N) is 1. The Bertz CT molecular complexity index is 350. The number of amides is 1. The zero-order valence-electron chi connectivity index (χ0n) is 14.1. The molecule has 2 saturated heterocycles. The predicted octanol–water partition coefficient (Wildman–Crippen LogP) is 0.0266. The van der Waals surface area contributed by atoms with Gasteiger partial charge < -0.3 is 20.7 Å². The Morgan fingerprint density at radius 2 is 1.86 bits per heavy atom. The fourth-order valence-electron chi connectivity index (χ4n) is 3.65. The molecule has 2 fully saturated rings. The third-order valence-electron chi connectivity index (χ3n) is 5.22. The van der Waals surface area contributed by atoms with Crippen molar-refractivity contribution in [2.45, 2.75) is 43.7 Å². The first kappa shape index (κ1) is 17.7. The van der Waals surface area contributed by atoms with Crippen molar-refractivity contribution in [1.82, 2.24) is 15.1 Å². The SMILES string of the molecule is COCC(N)C(=O)NCC1(N2CCCCC2)CCN(C)CC1. The average molecular weight is 312 g/mol. The van der Waals surface area contributed by atoms with Gasteiger partial charge in [-0.3, -0.25) is 9.69 Å². The van der Waals surface area contributed by atoms with Gasteiger partial charge in [-0.2, -0.15) is 0 Å². The van der Waals surface area contributed by atoms with Gasteiger partial charge in [-0.1, -0.05) is 6.42 Å². The van der Waals surface area contributed by atoms with Crippen LogP contribution in [0.25, 0.3) is 0 Å². The number of likely N-dealkylation sites (tertiary alicyclic amines) is 2. The molecule has 2 rings (SSSR count). The first-order valence-corrected chi connectivity index (χ1v) is 8.53. The Labute approximate surface area is 134 Å². The van der Waals surface area contributed by atoms with Crippen LogP contribution in [0.5, 0.6) is 0 Å². The average Bonchev–Trinajstić information content (AvgIpc) is 2.55. The quantitative estimate of drug-likeness (QED) is 0.724. The number of nitrogens with zero attached hydrogens (tertiary/aromatic N) is 2. The van der Waals surface area contributed by atoms with Crippen molar-refractivity contribution in [2.75, 3.05) is 53.5 Å². The van der Waals surface area contributed by atoms with Gasteiger partial charge in [-0.15, -0.1) is 0 Å². The van der Waals surface area contributed by atoms with E-state index in [2.05, 4.69) is 22.2 Å². The van der Waals surface area contributed by atoms with Crippen molar-refractivity contribution < 1.29 is 9.53 Å². The van der Waals surface area contributed by atoms with Gasteiger partial charge in [0.2, 0.25) is 5.91 Å². The minimum absolute atomic E-state index is 0.0998. The van der Waals surface area contributed by atoms with Crippen LogP contribution in [0, 0.1) is 0 Å². The first-order valence-electron chi connectivity index (χ1n) is 8.53. The second-order valence-electron chi connectivity index (χ2n) is 6.85. The lowest BCUT2D eigenvalue weighted by atomic mass is 9.84. The van der Waals surface area contributed by atoms with Crippen LogP contribution in [0.3, 0.4) is 0 Å². The second kappa shape index (κ2) is 8.24. The molecule has 6 nitrogen and oxygen atoms in total. The first-order chi connectivity index (χ1) is 10.6. The summed E-state index contributed by atoms with van der Waals surface area (Å²) in [4.78, 5) is 17.1. The van der Waals surface area contributed by atoms with E-state index < -0.39 is 6.04 Å². The highest BCUT2D eigenvalue weighted by Gasteiger charge is 2.40. The summed E-state index contributed by atoms with van der Waals surface area (Å²) in [6, 6.07) is -0.574. The van der Waals surface area contributed by atoms with Crippen molar-refractivity contribution in [3.05, 3.63) is 0 Å². The third-order valence-corrected chi connectivity index (χ3v) is 5.22. The molecule has 0 aromatic carbocycles. The molecule has 0 radical (unpaired) electrons. The van der Waals surface area contributed by atoms with Gasteiger partial charge in [0.1, 0.15) is 6.04 Å². The molecule has 1 atom stereocenters. The van der Waals surface area contributed by atoms with E-state index in [-0.39, 0.29) is 18.1 Å². The van der Waals surface area contributed by atoms with Crippen LogP contribution in [0.2, 0.25) is 0 Å². The molecule has 2 aliphatic heterocycles. The van der Waals surface area contributed by atoms with Crippen LogP contribution >= 0.6 is 0 Å². The monoisotopic (exact) mass is 312 g/mol. The molecule has 3 N–H and O–H groups in total. The maximum atomic E-state index is 12.1. The number of hydrogen-bond donors (Lipinski definition) is 2. The van der Waals surface area contributed by atoms with Crippen LogP contribution in [-0.4, -0.2) is 80.8 Å². The predicted molar refractivity (Wildman–Crippen MR) is 87.7 cm³/mol. The van der Waals surface area contributed by atoms with Gasteiger partial charge in [0.25, 0.3) is 0 Å². The maximum Gasteiger partial charge on any atom is 0.239 e. The second-order valence-corrected chi connectivity index (χ2v) is 6.85. The molecule has 0 bridgehead atoms. The van der Waals surface area contributed by atoms with Crippen LogP contribution in [0.4, 0.5) is 0 Å². The largest absolute Gasteiger partial charge is 0.383 e. The van der Waals surface area contributed by atoms with Crippen LogP contribution in [-0.2, 0) is 9.53 Å². The van der Waals surface area contributed by atoms with Gasteiger partial charge >= 0.3 is 0 Å². The highest BCUT2D eigenvalue weighted by molar-refractivity contribution is 5.81. The number of carbonyl (C=O) groups excluding carboxylic acids is 1. The summed E-state index contributed by atoms with van der Waals surface area (Å²) >= 11 is 0. The zero-order chi connectivity index (χ0) is 16.0. The molecule has 2 aliphatic rings. The molecule has 6 heteroatoms. The Hall–Kier alpha value is -0.690. The minimum atomic E-state index is -0.574. The number of rotatable bonds is 6. The summed E-state index contributed by atoms with van der Waals surface area (Å²) in [5.41, 5.74) is 5.93. The molecule has 1 unspecified atom stereocenters. The zero-order valence-corrected chi connectivity index (χ0v) is 14.1. The summed E-state index contributed by atoms with van der Waals surface area (Å²) in [6.07, 6.45) is 6.10. The fraction of sp³-hybridized carbons (Fsp3) is 0.938. The summed E-state index contributed by atoms with van der Waals surface area (Å²) in [5, 5.41) is 3.09. The molecule has 22 heavy (non-hydrogen) atoms. The fourth-order valence-corrected chi connectivity index (χ4v) is 3.65. The lowest BCUT2D eigenvalue weighted by Crippen LogP contribution is -2.62. The maximum absolute atomic E-state index is 12.1. The van der Waals surface area contributed by atoms with Crippen molar-refractivity contribution >= 4 is 5.91 Å². The van der Waals surface area contributed by atoms with Crippen molar-refractivity contribution in [3.63, 3.8) is 0 Å². The molecule has 0 aliphatic carbocycles. The van der Waals surface area contributed by atoms with E-state index >= 15 is 0 Å². The molecule has 0 aromatic rings. The highest BCUT2D eigenvalue weighted by atomic mass is 16.5. The molecule has 2 heterocycles. The van der Waals surface area contributed by atoms with Crippen molar-refractivity contribution in [3.8, 4) is 0 Å². The van der Waals surface area contributed by atoms with E-state index in [1.54, 1.807) is 7.11 Å². The van der Waals surface area contributed by atoms with E-state index in [1.165, 1.54) is 19.3 Å². The van der Waals surface area contributed by atoms with Crippen LogP contribution in [0.15, 0.2) is 0 Å². The molecule has 128 valence electrons. The number of methoxy groups -OCH3 is 1. The lowest BCUT2D eigenvalue weighted by molar-refractivity contribution is -0.124. The smallest absolute Gasteiger partial charge is 0.239 e. The summed E-state index contributed by atoms with van der Waals surface area (Å²) < 4.78 is 4.97. The third kappa shape index (κ3) is 4.41. The Kier molecular flexibility index (Phi) is 6.62. The number of carbonyl (C=O) groups is 1.